The minimum Gasteiger partial charge on any atom is -0.304 e. The third-order valence-corrected chi connectivity index (χ3v) is 2.09. The fourth-order valence-corrected chi connectivity index (χ4v) is 1.40. The number of terminal acetylenes is 1. The standard InChI is InChI=1S/C11H15N3O/c1-4-5-12-6-7-14-10(3)8-9(2)13-11(14)15/h1,8,12H,5-7H2,2-3H3. The summed E-state index contributed by atoms with van der Waals surface area (Å²) in [6.07, 6.45) is 5.09. The van der Waals surface area contributed by atoms with Crippen LogP contribution < -0.4 is 11.0 Å². The van der Waals surface area contributed by atoms with Crippen LogP contribution in [0.5, 0.6) is 0 Å². The first-order chi connectivity index (χ1) is 7.15. The second kappa shape index (κ2) is 5.32. The predicted molar refractivity (Wildman–Crippen MR) is 59.7 cm³/mol. The zero-order chi connectivity index (χ0) is 11.3. The zero-order valence-corrected chi connectivity index (χ0v) is 9.08. The maximum Gasteiger partial charge on any atom is 0.347 e. The minimum atomic E-state index is -0.199. The lowest BCUT2D eigenvalue weighted by atomic mass is 10.3. The van der Waals surface area contributed by atoms with E-state index in [2.05, 4.69) is 16.2 Å². The Labute approximate surface area is 89.3 Å². The Balaban J connectivity index is 2.70. The lowest BCUT2D eigenvalue weighted by Gasteiger charge is -2.09. The molecular formula is C11H15N3O. The molecule has 1 rings (SSSR count). The second-order valence-corrected chi connectivity index (χ2v) is 3.35. The van der Waals surface area contributed by atoms with Crippen LogP contribution in [0.4, 0.5) is 0 Å². The Bertz CT molecular complexity index is 428. The first kappa shape index (κ1) is 11.5. The number of hydrogen-bond donors (Lipinski definition) is 1. The van der Waals surface area contributed by atoms with Crippen LogP contribution in [-0.2, 0) is 6.54 Å². The molecule has 1 aromatic heterocycles. The molecule has 0 bridgehead atoms. The fraction of sp³-hybridized carbons (Fsp3) is 0.455. The van der Waals surface area contributed by atoms with Crippen molar-refractivity contribution in [1.29, 1.82) is 0 Å². The highest BCUT2D eigenvalue weighted by Crippen LogP contribution is 1.95. The van der Waals surface area contributed by atoms with Gasteiger partial charge in [0.05, 0.1) is 6.54 Å². The molecule has 0 aliphatic heterocycles. The zero-order valence-electron chi connectivity index (χ0n) is 9.08. The molecule has 4 heteroatoms. The van der Waals surface area contributed by atoms with E-state index in [-0.39, 0.29) is 5.69 Å². The van der Waals surface area contributed by atoms with Gasteiger partial charge in [-0.3, -0.25) is 4.57 Å². The summed E-state index contributed by atoms with van der Waals surface area (Å²) in [5, 5.41) is 3.03. The van der Waals surface area contributed by atoms with E-state index in [9.17, 15) is 4.79 Å². The van der Waals surface area contributed by atoms with Crippen molar-refractivity contribution in [3.05, 3.63) is 27.9 Å². The van der Waals surface area contributed by atoms with Gasteiger partial charge < -0.3 is 5.32 Å². The molecule has 0 aromatic carbocycles. The summed E-state index contributed by atoms with van der Waals surface area (Å²) in [5.74, 6) is 2.48. The summed E-state index contributed by atoms with van der Waals surface area (Å²) < 4.78 is 1.64. The third kappa shape index (κ3) is 3.22. The van der Waals surface area contributed by atoms with Gasteiger partial charge in [0.1, 0.15) is 0 Å². The van der Waals surface area contributed by atoms with Crippen molar-refractivity contribution in [3.8, 4) is 12.3 Å². The smallest absolute Gasteiger partial charge is 0.304 e. The highest BCUT2D eigenvalue weighted by Gasteiger charge is 2.01. The van der Waals surface area contributed by atoms with Gasteiger partial charge in [-0.2, -0.15) is 4.98 Å². The average molecular weight is 205 g/mol. The molecule has 80 valence electrons. The number of nitrogens with one attached hydrogen (secondary N) is 1. The first-order valence-electron chi connectivity index (χ1n) is 4.84. The lowest BCUT2D eigenvalue weighted by Crippen LogP contribution is -2.30. The van der Waals surface area contributed by atoms with Crippen LogP contribution in [0, 0.1) is 26.2 Å². The van der Waals surface area contributed by atoms with Crippen molar-refractivity contribution >= 4 is 0 Å². The Morgan fingerprint density at radius 2 is 2.33 bits per heavy atom. The summed E-state index contributed by atoms with van der Waals surface area (Å²) in [6, 6.07) is 1.89. The van der Waals surface area contributed by atoms with Crippen molar-refractivity contribution in [1.82, 2.24) is 14.9 Å². The van der Waals surface area contributed by atoms with Gasteiger partial charge in [0, 0.05) is 24.5 Å². The molecule has 0 radical (unpaired) electrons. The quantitative estimate of drug-likeness (QED) is 0.559. The lowest BCUT2D eigenvalue weighted by molar-refractivity contribution is 0.585. The van der Waals surface area contributed by atoms with Crippen LogP contribution in [0.15, 0.2) is 10.9 Å². The monoisotopic (exact) mass is 205 g/mol. The van der Waals surface area contributed by atoms with Gasteiger partial charge in [0.15, 0.2) is 0 Å². The molecule has 0 amide bonds. The van der Waals surface area contributed by atoms with Gasteiger partial charge in [0.25, 0.3) is 0 Å². The van der Waals surface area contributed by atoms with E-state index in [1.807, 2.05) is 19.9 Å². The van der Waals surface area contributed by atoms with Crippen molar-refractivity contribution in [2.75, 3.05) is 13.1 Å². The molecule has 4 nitrogen and oxygen atoms in total. The van der Waals surface area contributed by atoms with Gasteiger partial charge in [-0.05, 0) is 19.9 Å². The van der Waals surface area contributed by atoms with E-state index >= 15 is 0 Å². The number of aryl methyl sites for hydroxylation is 2. The molecule has 0 aliphatic rings. The maximum absolute atomic E-state index is 11.5. The molecule has 0 unspecified atom stereocenters. The van der Waals surface area contributed by atoms with Gasteiger partial charge in [-0.25, -0.2) is 4.79 Å². The van der Waals surface area contributed by atoms with Crippen LogP contribution in [0.1, 0.15) is 11.4 Å². The van der Waals surface area contributed by atoms with Gasteiger partial charge in [-0.1, -0.05) is 5.92 Å². The van der Waals surface area contributed by atoms with E-state index in [0.717, 1.165) is 11.4 Å². The van der Waals surface area contributed by atoms with Crippen LogP contribution >= 0.6 is 0 Å². The largest absolute Gasteiger partial charge is 0.347 e. The van der Waals surface area contributed by atoms with Crippen molar-refractivity contribution < 1.29 is 0 Å². The maximum atomic E-state index is 11.5. The number of hydrogen-bond acceptors (Lipinski definition) is 3. The second-order valence-electron chi connectivity index (χ2n) is 3.35. The molecule has 1 aromatic rings. The Kier molecular flexibility index (Phi) is 4.07. The summed E-state index contributed by atoms with van der Waals surface area (Å²) >= 11 is 0. The number of nitrogens with zero attached hydrogens (tertiary/aromatic N) is 2. The molecule has 15 heavy (non-hydrogen) atoms. The van der Waals surface area contributed by atoms with Crippen molar-refractivity contribution in [2.45, 2.75) is 20.4 Å². The van der Waals surface area contributed by atoms with Crippen LogP contribution in [0.2, 0.25) is 0 Å². The fourth-order valence-electron chi connectivity index (χ4n) is 1.40. The van der Waals surface area contributed by atoms with Crippen molar-refractivity contribution in [3.63, 3.8) is 0 Å². The normalized spacial score (nSPS) is 9.93. The molecule has 0 spiro atoms. The Morgan fingerprint density at radius 3 is 2.93 bits per heavy atom. The van der Waals surface area contributed by atoms with Crippen LogP contribution in [0.3, 0.4) is 0 Å². The summed E-state index contributed by atoms with van der Waals surface area (Å²) in [4.78, 5) is 15.4. The molecule has 0 atom stereocenters. The van der Waals surface area contributed by atoms with Crippen molar-refractivity contribution in [2.24, 2.45) is 0 Å². The number of rotatable bonds is 4. The SMILES string of the molecule is C#CCNCCn1c(C)cc(C)nc1=O. The molecule has 0 aliphatic carbocycles. The van der Waals surface area contributed by atoms with E-state index in [4.69, 9.17) is 6.42 Å². The van der Waals surface area contributed by atoms with E-state index < -0.39 is 0 Å². The van der Waals surface area contributed by atoms with E-state index in [1.165, 1.54) is 0 Å². The highest BCUT2D eigenvalue weighted by molar-refractivity contribution is 5.06. The molecule has 0 fully saturated rings. The summed E-state index contributed by atoms with van der Waals surface area (Å²) in [5.41, 5.74) is 1.48. The predicted octanol–water partition coefficient (Wildman–Crippen LogP) is 0.0829. The summed E-state index contributed by atoms with van der Waals surface area (Å²) in [7, 11) is 0. The third-order valence-electron chi connectivity index (χ3n) is 2.09. The summed E-state index contributed by atoms with van der Waals surface area (Å²) in [6.45, 7) is 5.51. The highest BCUT2D eigenvalue weighted by atomic mass is 16.1. The van der Waals surface area contributed by atoms with E-state index in [1.54, 1.807) is 4.57 Å². The van der Waals surface area contributed by atoms with E-state index in [0.29, 0.717) is 19.6 Å². The molecule has 1 N–H and O–H groups in total. The van der Waals surface area contributed by atoms with Gasteiger partial charge in [0.2, 0.25) is 0 Å². The molecule has 0 saturated heterocycles. The molecule has 0 saturated carbocycles. The van der Waals surface area contributed by atoms with Crippen LogP contribution in [0.25, 0.3) is 0 Å². The molecular weight excluding hydrogens is 190 g/mol. The molecule has 1 heterocycles. The van der Waals surface area contributed by atoms with Crippen LogP contribution in [-0.4, -0.2) is 22.6 Å². The Hall–Kier alpha value is -1.60. The first-order valence-corrected chi connectivity index (χ1v) is 4.84. The minimum absolute atomic E-state index is 0.199. The average Bonchev–Trinajstić information content (AvgIpc) is 2.15. The topological polar surface area (TPSA) is 46.9 Å². The van der Waals surface area contributed by atoms with Gasteiger partial charge >= 0.3 is 5.69 Å². The number of aromatic nitrogens is 2. The Morgan fingerprint density at radius 1 is 1.60 bits per heavy atom. The van der Waals surface area contributed by atoms with Gasteiger partial charge in [-0.15, -0.1) is 6.42 Å².